The van der Waals surface area contributed by atoms with Gasteiger partial charge in [-0.1, -0.05) is 30.3 Å². The Balaban J connectivity index is 1.35. The molecule has 1 fully saturated rings. The fourth-order valence-corrected chi connectivity index (χ4v) is 4.47. The van der Waals surface area contributed by atoms with Gasteiger partial charge in [-0.3, -0.25) is 10.1 Å². The molecule has 1 aliphatic rings. The van der Waals surface area contributed by atoms with Crippen LogP contribution in [0.15, 0.2) is 54.7 Å². The lowest BCUT2D eigenvalue weighted by atomic mass is 10.0. The molecule has 8 heteroatoms. The summed E-state index contributed by atoms with van der Waals surface area (Å²) in [7, 11) is 0. The van der Waals surface area contributed by atoms with Gasteiger partial charge in [0.05, 0.1) is 10.6 Å². The average molecular weight is 436 g/mol. The van der Waals surface area contributed by atoms with Gasteiger partial charge in [0, 0.05) is 24.2 Å². The zero-order chi connectivity index (χ0) is 21.8. The van der Waals surface area contributed by atoms with Crippen molar-refractivity contribution in [2.45, 2.75) is 32.2 Å². The third-order valence-electron chi connectivity index (χ3n) is 5.39. The van der Waals surface area contributed by atoms with E-state index >= 15 is 0 Å². The molecule has 3 aromatic rings. The van der Waals surface area contributed by atoms with Crippen molar-refractivity contribution in [3.63, 3.8) is 0 Å². The van der Waals surface area contributed by atoms with Crippen LogP contribution >= 0.6 is 11.3 Å². The van der Waals surface area contributed by atoms with Gasteiger partial charge in [0.1, 0.15) is 5.54 Å². The Bertz CT molecular complexity index is 1080. The molecule has 4 rings (SSSR count). The Morgan fingerprint density at radius 3 is 2.61 bits per heavy atom. The topological polar surface area (TPSA) is 87.2 Å². The number of carbonyl (C=O) groups excluding carboxylic acids is 2. The van der Waals surface area contributed by atoms with E-state index in [1.165, 1.54) is 15.3 Å². The summed E-state index contributed by atoms with van der Waals surface area (Å²) in [6.45, 7) is 4.29. The van der Waals surface area contributed by atoms with Crippen molar-refractivity contribution in [3.05, 3.63) is 65.2 Å². The van der Waals surface area contributed by atoms with E-state index in [2.05, 4.69) is 57.0 Å². The predicted molar refractivity (Wildman–Crippen MR) is 122 cm³/mol. The smallest absolute Gasteiger partial charge is 0.325 e. The molecule has 0 saturated carbocycles. The second-order valence-electron chi connectivity index (χ2n) is 7.91. The van der Waals surface area contributed by atoms with Crippen molar-refractivity contribution in [2.75, 3.05) is 18.4 Å². The summed E-state index contributed by atoms with van der Waals surface area (Å²) in [4.78, 5) is 36.7. The van der Waals surface area contributed by atoms with Gasteiger partial charge in [-0.2, -0.15) is 0 Å². The van der Waals surface area contributed by atoms with E-state index in [4.69, 9.17) is 0 Å². The number of carbonyl (C=O) groups is 2. The van der Waals surface area contributed by atoms with Crippen molar-refractivity contribution >= 4 is 29.2 Å². The second-order valence-corrected chi connectivity index (χ2v) is 9.08. The number of urea groups is 1. The van der Waals surface area contributed by atoms with Crippen molar-refractivity contribution < 1.29 is 9.59 Å². The molecular formula is C23H25N5O2S. The van der Waals surface area contributed by atoms with Gasteiger partial charge in [-0.15, -0.1) is 11.3 Å². The quantitative estimate of drug-likeness (QED) is 0.527. The third kappa shape index (κ3) is 4.74. The van der Waals surface area contributed by atoms with E-state index in [0.29, 0.717) is 19.0 Å². The predicted octanol–water partition coefficient (Wildman–Crippen LogP) is 3.73. The third-order valence-corrected chi connectivity index (χ3v) is 6.55. The van der Waals surface area contributed by atoms with Gasteiger partial charge < -0.3 is 10.2 Å². The molecule has 3 amide bonds. The number of benzene rings is 1. The number of aromatic nitrogens is 2. The molecule has 1 saturated heterocycles. The monoisotopic (exact) mass is 435 g/mol. The van der Waals surface area contributed by atoms with Gasteiger partial charge in [-0.25, -0.2) is 14.8 Å². The molecule has 7 nitrogen and oxygen atoms in total. The van der Waals surface area contributed by atoms with Crippen molar-refractivity contribution in [3.8, 4) is 10.6 Å². The summed E-state index contributed by atoms with van der Waals surface area (Å²) in [5, 5.41) is 5.51. The standard InChI is InChI=1S/C23H25N5O2S/c1-23(2)20(29)27-22(30)28(23)15-14-25-21-24-13-12-18(26-21)19-11-10-17(31-19)9-8-16-6-4-3-5-7-16/h3-7,10-13H,8-9,14-15H2,1-2H3,(H,24,25,26)(H,27,29,30). The Kier molecular flexibility index (Phi) is 5.99. The van der Waals surface area contributed by atoms with Crippen molar-refractivity contribution in [1.82, 2.24) is 20.2 Å². The molecule has 0 radical (unpaired) electrons. The van der Waals surface area contributed by atoms with Crippen LogP contribution in [-0.4, -0.2) is 45.4 Å². The van der Waals surface area contributed by atoms with E-state index in [0.717, 1.165) is 23.4 Å². The molecular weight excluding hydrogens is 410 g/mol. The molecule has 3 heterocycles. The van der Waals surface area contributed by atoms with Crippen LogP contribution in [0, 0.1) is 0 Å². The highest BCUT2D eigenvalue weighted by Crippen LogP contribution is 2.28. The minimum atomic E-state index is -0.853. The molecule has 0 unspecified atom stereocenters. The van der Waals surface area contributed by atoms with Gasteiger partial charge in [0.25, 0.3) is 5.91 Å². The molecule has 1 aliphatic heterocycles. The van der Waals surface area contributed by atoms with Crippen LogP contribution in [0.25, 0.3) is 10.6 Å². The maximum atomic E-state index is 12.0. The van der Waals surface area contributed by atoms with Crippen LogP contribution in [0.4, 0.5) is 10.7 Å². The van der Waals surface area contributed by atoms with Crippen LogP contribution in [-0.2, 0) is 17.6 Å². The second kappa shape index (κ2) is 8.85. The molecule has 2 aromatic heterocycles. The van der Waals surface area contributed by atoms with Crippen LogP contribution in [0.3, 0.4) is 0 Å². The molecule has 31 heavy (non-hydrogen) atoms. The van der Waals surface area contributed by atoms with Crippen molar-refractivity contribution in [1.29, 1.82) is 0 Å². The van der Waals surface area contributed by atoms with E-state index in [-0.39, 0.29) is 11.9 Å². The SMILES string of the molecule is CC1(C)C(=O)NC(=O)N1CCNc1nccc(-c2ccc(CCc3ccccc3)s2)n1. The zero-order valence-corrected chi connectivity index (χ0v) is 18.4. The zero-order valence-electron chi connectivity index (χ0n) is 17.6. The molecule has 0 bridgehead atoms. The fraction of sp³-hybridized carbons (Fsp3) is 0.304. The maximum Gasteiger partial charge on any atom is 0.325 e. The fourth-order valence-electron chi connectivity index (χ4n) is 3.50. The number of hydrogen-bond donors (Lipinski definition) is 2. The normalized spacial score (nSPS) is 15.2. The Morgan fingerprint density at radius 1 is 1.06 bits per heavy atom. The Morgan fingerprint density at radius 2 is 1.87 bits per heavy atom. The Hall–Kier alpha value is -3.26. The minimum absolute atomic E-state index is 0.281. The number of aryl methyl sites for hydroxylation is 2. The number of thiophene rings is 1. The first-order valence-corrected chi connectivity index (χ1v) is 11.1. The summed E-state index contributed by atoms with van der Waals surface area (Å²) in [5.41, 5.74) is 1.35. The summed E-state index contributed by atoms with van der Waals surface area (Å²) < 4.78 is 0. The summed E-state index contributed by atoms with van der Waals surface area (Å²) >= 11 is 1.74. The first-order chi connectivity index (χ1) is 14.9. The number of imide groups is 1. The number of rotatable bonds is 8. The van der Waals surface area contributed by atoms with Crippen LogP contribution in [0.1, 0.15) is 24.3 Å². The first-order valence-electron chi connectivity index (χ1n) is 10.3. The average Bonchev–Trinajstić information content (AvgIpc) is 3.31. The largest absolute Gasteiger partial charge is 0.352 e. The van der Waals surface area contributed by atoms with Gasteiger partial charge in [0.15, 0.2) is 0 Å². The number of anilines is 1. The van der Waals surface area contributed by atoms with E-state index < -0.39 is 5.54 Å². The molecule has 0 aliphatic carbocycles. The first kappa shape index (κ1) is 21.0. The summed E-state index contributed by atoms with van der Waals surface area (Å²) in [5.74, 6) is 0.219. The highest BCUT2D eigenvalue weighted by molar-refractivity contribution is 7.15. The van der Waals surface area contributed by atoms with E-state index in [9.17, 15) is 9.59 Å². The van der Waals surface area contributed by atoms with E-state index in [1.54, 1.807) is 31.4 Å². The number of nitrogens with one attached hydrogen (secondary N) is 2. The highest BCUT2D eigenvalue weighted by Gasteiger charge is 2.44. The lowest BCUT2D eigenvalue weighted by Crippen LogP contribution is -2.46. The number of hydrogen-bond acceptors (Lipinski definition) is 6. The highest BCUT2D eigenvalue weighted by atomic mass is 32.1. The molecule has 2 N–H and O–H groups in total. The summed E-state index contributed by atoms with van der Waals surface area (Å²) in [6, 6.07) is 16.3. The lowest BCUT2D eigenvalue weighted by molar-refractivity contribution is -0.125. The molecule has 0 atom stereocenters. The van der Waals surface area contributed by atoms with E-state index in [1.807, 2.05) is 12.1 Å². The van der Waals surface area contributed by atoms with Gasteiger partial charge in [-0.05, 0) is 50.5 Å². The van der Waals surface area contributed by atoms with Crippen LogP contribution in [0.5, 0.6) is 0 Å². The Labute approximate surface area is 185 Å². The van der Waals surface area contributed by atoms with Gasteiger partial charge in [0.2, 0.25) is 5.95 Å². The van der Waals surface area contributed by atoms with Crippen molar-refractivity contribution in [2.24, 2.45) is 0 Å². The lowest BCUT2D eigenvalue weighted by Gasteiger charge is -2.27. The number of nitrogens with zero attached hydrogens (tertiary/aromatic N) is 3. The number of amides is 3. The molecule has 1 aromatic carbocycles. The summed E-state index contributed by atoms with van der Waals surface area (Å²) in [6.07, 6.45) is 3.74. The molecule has 160 valence electrons. The van der Waals surface area contributed by atoms with Crippen LogP contribution in [0.2, 0.25) is 0 Å². The van der Waals surface area contributed by atoms with Crippen LogP contribution < -0.4 is 10.6 Å². The molecule has 0 spiro atoms. The minimum Gasteiger partial charge on any atom is -0.352 e. The van der Waals surface area contributed by atoms with Gasteiger partial charge >= 0.3 is 6.03 Å². The maximum absolute atomic E-state index is 12.0.